The number of amides is 1. The first-order valence-corrected chi connectivity index (χ1v) is 8.83. The lowest BCUT2D eigenvalue weighted by Crippen LogP contribution is -2.51. The number of ether oxygens (including phenoxy) is 1. The number of aromatic nitrogens is 1. The molecule has 1 amide bonds. The molecule has 1 atom stereocenters. The summed E-state index contributed by atoms with van der Waals surface area (Å²) < 4.78 is 5.63. The van der Waals surface area contributed by atoms with E-state index in [2.05, 4.69) is 16.8 Å². The summed E-state index contributed by atoms with van der Waals surface area (Å²) in [6.45, 7) is 6.64. The van der Waals surface area contributed by atoms with E-state index in [0.717, 1.165) is 57.0 Å². The first-order chi connectivity index (χ1) is 11.5. The second-order valence-corrected chi connectivity index (χ2v) is 7.00. The van der Waals surface area contributed by atoms with Gasteiger partial charge in [0.15, 0.2) is 0 Å². The summed E-state index contributed by atoms with van der Waals surface area (Å²) in [5, 5.41) is 0. The van der Waals surface area contributed by atoms with Gasteiger partial charge in [0.05, 0.1) is 12.7 Å². The van der Waals surface area contributed by atoms with E-state index >= 15 is 0 Å². The number of piperidine rings is 1. The molecule has 132 valence electrons. The molecule has 1 aromatic heterocycles. The first-order valence-electron chi connectivity index (χ1n) is 8.83. The van der Waals surface area contributed by atoms with Gasteiger partial charge in [-0.2, -0.15) is 0 Å². The van der Waals surface area contributed by atoms with Gasteiger partial charge in [0.25, 0.3) is 5.91 Å². The molecule has 3 heterocycles. The minimum Gasteiger partial charge on any atom is -0.376 e. The lowest BCUT2D eigenvalue weighted by atomic mass is 10.0. The molecule has 2 aliphatic rings. The Morgan fingerprint density at radius 2 is 2.04 bits per heavy atom. The van der Waals surface area contributed by atoms with E-state index in [1.165, 1.54) is 0 Å². The maximum absolute atomic E-state index is 12.8. The van der Waals surface area contributed by atoms with Crippen molar-refractivity contribution in [3.63, 3.8) is 0 Å². The predicted molar refractivity (Wildman–Crippen MR) is 94.5 cm³/mol. The Morgan fingerprint density at radius 1 is 1.29 bits per heavy atom. The summed E-state index contributed by atoms with van der Waals surface area (Å²) in [5.41, 5.74) is 0.729. The van der Waals surface area contributed by atoms with Crippen molar-refractivity contribution in [2.24, 2.45) is 0 Å². The number of nitrogens with zero attached hydrogens (tertiary/aromatic N) is 4. The summed E-state index contributed by atoms with van der Waals surface area (Å²) in [4.78, 5) is 23.5. The van der Waals surface area contributed by atoms with E-state index in [0.29, 0.717) is 12.1 Å². The zero-order valence-electron chi connectivity index (χ0n) is 14.9. The van der Waals surface area contributed by atoms with E-state index in [1.807, 2.05) is 36.0 Å². The largest absolute Gasteiger partial charge is 0.376 e. The van der Waals surface area contributed by atoms with Crippen LogP contribution in [0.1, 0.15) is 30.1 Å². The van der Waals surface area contributed by atoms with Crippen LogP contribution in [0.3, 0.4) is 0 Å². The van der Waals surface area contributed by atoms with E-state index in [1.54, 1.807) is 6.20 Å². The molecule has 2 fully saturated rings. The zero-order chi connectivity index (χ0) is 17.1. The maximum atomic E-state index is 12.8. The normalized spacial score (nSPS) is 23.3. The number of carbonyl (C=O) groups excluding carboxylic acids is 1. The van der Waals surface area contributed by atoms with Gasteiger partial charge >= 0.3 is 0 Å². The number of rotatable bonds is 3. The smallest absolute Gasteiger partial charge is 0.254 e. The van der Waals surface area contributed by atoms with Crippen LogP contribution in [-0.2, 0) is 4.74 Å². The molecular formula is C18H28N4O2. The van der Waals surface area contributed by atoms with E-state index < -0.39 is 0 Å². The molecule has 0 aliphatic carbocycles. The number of hydrogen-bond acceptors (Lipinski definition) is 5. The molecule has 2 saturated heterocycles. The van der Waals surface area contributed by atoms with E-state index in [9.17, 15) is 4.79 Å². The van der Waals surface area contributed by atoms with Gasteiger partial charge in [-0.3, -0.25) is 9.69 Å². The highest BCUT2D eigenvalue weighted by Crippen LogP contribution is 2.21. The fourth-order valence-corrected chi connectivity index (χ4v) is 3.59. The molecule has 0 aromatic carbocycles. The number of morpholine rings is 1. The van der Waals surface area contributed by atoms with Crippen LogP contribution < -0.4 is 4.90 Å². The van der Waals surface area contributed by atoms with Gasteiger partial charge in [0.2, 0.25) is 0 Å². The summed E-state index contributed by atoms with van der Waals surface area (Å²) in [5.74, 6) is 0.937. The zero-order valence-corrected chi connectivity index (χ0v) is 14.9. The second-order valence-electron chi connectivity index (χ2n) is 7.00. The number of hydrogen-bond donors (Lipinski definition) is 0. The van der Waals surface area contributed by atoms with Crippen molar-refractivity contribution in [1.29, 1.82) is 0 Å². The minimum atomic E-state index is 0.120. The van der Waals surface area contributed by atoms with Gasteiger partial charge < -0.3 is 14.5 Å². The van der Waals surface area contributed by atoms with Crippen LogP contribution in [0, 0.1) is 0 Å². The summed E-state index contributed by atoms with van der Waals surface area (Å²) in [7, 11) is 3.87. The third-order valence-electron chi connectivity index (χ3n) is 4.99. The monoisotopic (exact) mass is 332 g/mol. The van der Waals surface area contributed by atoms with E-state index in [4.69, 9.17) is 4.74 Å². The molecule has 24 heavy (non-hydrogen) atoms. The quantitative estimate of drug-likeness (QED) is 0.839. The summed E-state index contributed by atoms with van der Waals surface area (Å²) >= 11 is 0. The lowest BCUT2D eigenvalue weighted by Gasteiger charge is -2.41. The van der Waals surface area contributed by atoms with Gasteiger partial charge in [-0.1, -0.05) is 0 Å². The van der Waals surface area contributed by atoms with E-state index in [-0.39, 0.29) is 5.91 Å². The summed E-state index contributed by atoms with van der Waals surface area (Å²) in [6, 6.07) is 4.26. The molecule has 0 bridgehead atoms. The number of likely N-dealkylation sites (tertiary alicyclic amines) is 1. The second kappa shape index (κ2) is 7.49. The molecule has 1 aromatic rings. The molecule has 3 rings (SSSR count). The number of pyridine rings is 1. The third kappa shape index (κ3) is 3.87. The highest BCUT2D eigenvalue weighted by atomic mass is 16.5. The van der Waals surface area contributed by atoms with Crippen molar-refractivity contribution in [3.8, 4) is 0 Å². The van der Waals surface area contributed by atoms with Crippen LogP contribution in [0.25, 0.3) is 0 Å². The van der Waals surface area contributed by atoms with Crippen molar-refractivity contribution >= 4 is 11.7 Å². The van der Waals surface area contributed by atoms with Gasteiger partial charge in [0, 0.05) is 58.1 Å². The minimum absolute atomic E-state index is 0.120. The van der Waals surface area contributed by atoms with Gasteiger partial charge in [-0.05, 0) is 31.9 Å². The molecular weight excluding hydrogens is 304 g/mol. The highest BCUT2D eigenvalue weighted by molar-refractivity contribution is 5.94. The predicted octanol–water partition coefficient (Wildman–Crippen LogP) is 1.47. The maximum Gasteiger partial charge on any atom is 0.254 e. The molecule has 0 saturated carbocycles. The average molecular weight is 332 g/mol. The SMILES string of the molecule is C[C@H]1CN(C2CCN(C(=O)c3ccnc(N(C)C)c3)CC2)CCO1. The molecule has 0 N–H and O–H groups in total. The topological polar surface area (TPSA) is 48.9 Å². The molecule has 2 aliphatic heterocycles. The molecule has 6 nitrogen and oxygen atoms in total. The van der Waals surface area contributed by atoms with Crippen LogP contribution in [0.2, 0.25) is 0 Å². The molecule has 0 unspecified atom stereocenters. The Labute approximate surface area is 144 Å². The van der Waals surface area contributed by atoms with Crippen molar-refractivity contribution < 1.29 is 9.53 Å². The van der Waals surface area contributed by atoms with Crippen LogP contribution in [-0.4, -0.2) is 79.7 Å². The number of anilines is 1. The Morgan fingerprint density at radius 3 is 2.71 bits per heavy atom. The fourth-order valence-electron chi connectivity index (χ4n) is 3.59. The third-order valence-corrected chi connectivity index (χ3v) is 4.99. The van der Waals surface area contributed by atoms with Crippen molar-refractivity contribution in [1.82, 2.24) is 14.8 Å². The standard InChI is InChI=1S/C18H28N4O2/c1-14-13-22(10-11-24-14)16-5-8-21(9-6-16)18(23)15-4-7-19-17(12-15)20(2)3/h4,7,12,14,16H,5-6,8-11,13H2,1-3H3/t14-/m0/s1. The van der Waals surface area contributed by atoms with Crippen LogP contribution in [0.4, 0.5) is 5.82 Å². The van der Waals surface area contributed by atoms with Crippen LogP contribution >= 0.6 is 0 Å². The van der Waals surface area contributed by atoms with Crippen LogP contribution in [0.5, 0.6) is 0 Å². The lowest BCUT2D eigenvalue weighted by molar-refractivity contribution is -0.0423. The number of carbonyl (C=O) groups is 1. The van der Waals surface area contributed by atoms with Gasteiger partial charge in [-0.15, -0.1) is 0 Å². The molecule has 0 radical (unpaired) electrons. The van der Waals surface area contributed by atoms with Crippen molar-refractivity contribution in [2.75, 3.05) is 51.8 Å². The fraction of sp³-hybridized carbons (Fsp3) is 0.667. The Kier molecular flexibility index (Phi) is 5.36. The van der Waals surface area contributed by atoms with Crippen molar-refractivity contribution in [3.05, 3.63) is 23.9 Å². The highest BCUT2D eigenvalue weighted by Gasteiger charge is 2.29. The first kappa shape index (κ1) is 17.2. The Balaban J connectivity index is 1.58. The van der Waals surface area contributed by atoms with Gasteiger partial charge in [0.1, 0.15) is 5.82 Å². The van der Waals surface area contributed by atoms with Crippen LogP contribution in [0.15, 0.2) is 18.3 Å². The Hall–Kier alpha value is -1.66. The van der Waals surface area contributed by atoms with Gasteiger partial charge in [-0.25, -0.2) is 4.98 Å². The summed E-state index contributed by atoms with van der Waals surface area (Å²) in [6.07, 6.45) is 4.12. The molecule has 6 heteroatoms. The molecule has 0 spiro atoms. The van der Waals surface area contributed by atoms with Crippen molar-refractivity contribution in [2.45, 2.75) is 31.9 Å². The Bertz CT molecular complexity index is 570. The average Bonchev–Trinajstić information content (AvgIpc) is 2.61.